The van der Waals surface area contributed by atoms with Crippen LogP contribution in [-0.4, -0.2) is 22.8 Å². The molecule has 4 atom stereocenters. The molecule has 0 aromatic heterocycles. The minimum absolute atomic E-state index is 0.00837. The zero-order valence-electron chi connectivity index (χ0n) is 15.5. The third kappa shape index (κ3) is 3.26. The molecule has 3 nitrogen and oxygen atoms in total. The van der Waals surface area contributed by atoms with E-state index in [-0.39, 0.29) is 29.3 Å². The van der Waals surface area contributed by atoms with Gasteiger partial charge in [0.25, 0.3) is 0 Å². The maximum absolute atomic E-state index is 12.3. The van der Waals surface area contributed by atoms with Gasteiger partial charge in [-0.05, 0) is 51.4 Å². The van der Waals surface area contributed by atoms with Crippen LogP contribution in [0.5, 0.6) is 0 Å². The van der Waals surface area contributed by atoms with E-state index in [1.165, 1.54) is 5.57 Å². The lowest BCUT2D eigenvalue weighted by Crippen LogP contribution is -2.50. The summed E-state index contributed by atoms with van der Waals surface area (Å²) >= 11 is 0. The van der Waals surface area contributed by atoms with Crippen LogP contribution in [0, 0.1) is 17.3 Å². The molecular weight excluding hydrogens is 288 g/mol. The van der Waals surface area contributed by atoms with Gasteiger partial charge in [-0.15, -0.1) is 0 Å². The molecule has 3 heteroatoms. The first-order valence-electron chi connectivity index (χ1n) is 8.86. The Morgan fingerprint density at radius 3 is 2.65 bits per heavy atom. The van der Waals surface area contributed by atoms with Crippen molar-refractivity contribution in [2.45, 2.75) is 78.9 Å². The molecular formula is C20H32O3. The Balaban J connectivity index is 2.40. The summed E-state index contributed by atoms with van der Waals surface area (Å²) in [6.07, 6.45) is 7.24. The van der Waals surface area contributed by atoms with Gasteiger partial charge in [0.1, 0.15) is 6.10 Å². The number of carbonyl (C=O) groups excluding carboxylic acids is 1. The highest BCUT2D eigenvalue weighted by Crippen LogP contribution is 2.58. The summed E-state index contributed by atoms with van der Waals surface area (Å²) in [6.45, 7) is 12.1. The van der Waals surface area contributed by atoms with E-state index in [9.17, 15) is 9.90 Å². The fourth-order valence-electron chi connectivity index (χ4n) is 4.43. The van der Waals surface area contributed by atoms with Gasteiger partial charge in [0.15, 0.2) is 0 Å². The smallest absolute Gasteiger partial charge is 0.333 e. The van der Waals surface area contributed by atoms with Gasteiger partial charge in [-0.1, -0.05) is 38.5 Å². The lowest BCUT2D eigenvalue weighted by atomic mass is 9.67. The van der Waals surface area contributed by atoms with Crippen LogP contribution in [0.2, 0.25) is 0 Å². The van der Waals surface area contributed by atoms with E-state index in [2.05, 4.69) is 33.8 Å². The quantitative estimate of drug-likeness (QED) is 0.476. The Morgan fingerprint density at radius 2 is 2.09 bits per heavy atom. The molecule has 0 aliphatic heterocycles. The monoisotopic (exact) mass is 320 g/mol. The van der Waals surface area contributed by atoms with Crippen LogP contribution in [0.1, 0.15) is 67.2 Å². The minimum Gasteiger partial charge on any atom is -0.458 e. The highest BCUT2D eigenvalue weighted by molar-refractivity contribution is 5.87. The second kappa shape index (κ2) is 6.43. The minimum atomic E-state index is -0.762. The third-order valence-corrected chi connectivity index (χ3v) is 6.21. The van der Waals surface area contributed by atoms with Crippen LogP contribution in [0.25, 0.3) is 0 Å². The molecule has 1 saturated carbocycles. The Morgan fingerprint density at radius 1 is 1.43 bits per heavy atom. The van der Waals surface area contributed by atoms with E-state index < -0.39 is 5.60 Å². The number of rotatable bonds is 3. The molecule has 2 rings (SSSR count). The molecule has 0 unspecified atom stereocenters. The van der Waals surface area contributed by atoms with Crippen molar-refractivity contribution in [3.8, 4) is 0 Å². The second-order valence-corrected chi connectivity index (χ2v) is 8.15. The molecule has 130 valence electrons. The predicted octanol–water partition coefficient (Wildman–Crippen LogP) is 4.41. The van der Waals surface area contributed by atoms with E-state index in [1.54, 1.807) is 13.0 Å². The first-order chi connectivity index (χ1) is 10.6. The number of hydrogen-bond donors (Lipinski definition) is 1. The predicted molar refractivity (Wildman–Crippen MR) is 92.9 cm³/mol. The molecule has 1 fully saturated rings. The van der Waals surface area contributed by atoms with Crippen LogP contribution in [-0.2, 0) is 9.53 Å². The van der Waals surface area contributed by atoms with Crippen molar-refractivity contribution in [3.63, 3.8) is 0 Å². The van der Waals surface area contributed by atoms with Crippen molar-refractivity contribution in [1.29, 1.82) is 0 Å². The van der Waals surface area contributed by atoms with Crippen molar-refractivity contribution in [3.05, 3.63) is 23.3 Å². The summed E-state index contributed by atoms with van der Waals surface area (Å²) in [5.41, 5.74) is 1.11. The molecule has 0 spiro atoms. The van der Waals surface area contributed by atoms with Gasteiger partial charge in [-0.3, -0.25) is 0 Å². The summed E-state index contributed by atoms with van der Waals surface area (Å²) in [5, 5.41) is 11.4. The first kappa shape index (κ1) is 18.3. The summed E-state index contributed by atoms with van der Waals surface area (Å²) in [6, 6.07) is 0. The molecule has 2 aliphatic carbocycles. The summed E-state index contributed by atoms with van der Waals surface area (Å²) in [4.78, 5) is 12.3. The van der Waals surface area contributed by atoms with Crippen LogP contribution in [0.3, 0.4) is 0 Å². The number of ether oxygens (including phenoxy) is 1. The summed E-state index contributed by atoms with van der Waals surface area (Å²) < 4.78 is 5.91. The third-order valence-electron chi connectivity index (χ3n) is 6.21. The molecule has 1 N–H and O–H groups in total. The lowest BCUT2D eigenvalue weighted by Gasteiger charge is -2.43. The van der Waals surface area contributed by atoms with E-state index in [0.717, 1.165) is 25.7 Å². The first-order valence-corrected chi connectivity index (χ1v) is 8.86. The normalized spacial score (nSPS) is 38.1. The molecule has 23 heavy (non-hydrogen) atoms. The number of fused-ring (bicyclic) bond motifs is 1. The van der Waals surface area contributed by atoms with Crippen LogP contribution < -0.4 is 0 Å². The fraction of sp³-hybridized carbons (Fsp3) is 0.750. The fourth-order valence-corrected chi connectivity index (χ4v) is 4.43. The van der Waals surface area contributed by atoms with Crippen LogP contribution in [0.15, 0.2) is 23.3 Å². The van der Waals surface area contributed by atoms with Gasteiger partial charge in [-0.25, -0.2) is 4.79 Å². The van der Waals surface area contributed by atoms with Crippen LogP contribution in [0.4, 0.5) is 0 Å². The molecule has 0 aromatic carbocycles. The number of esters is 1. The van der Waals surface area contributed by atoms with Crippen molar-refractivity contribution >= 4 is 5.97 Å². The summed E-state index contributed by atoms with van der Waals surface area (Å²) in [5.74, 6) is -0.124. The SMILES string of the molecule is C/C=C(/C)C(=O)O[C@H]1CC(C)=CC[C@@]2(C)CC[C@@](O)(C(C)C)[C@H]12. The van der Waals surface area contributed by atoms with Crippen molar-refractivity contribution in [2.75, 3.05) is 0 Å². The van der Waals surface area contributed by atoms with Crippen molar-refractivity contribution in [2.24, 2.45) is 17.3 Å². The Hall–Kier alpha value is -1.09. The topological polar surface area (TPSA) is 46.5 Å². The second-order valence-electron chi connectivity index (χ2n) is 8.15. The Labute approximate surface area is 140 Å². The van der Waals surface area contributed by atoms with Gasteiger partial charge in [0.2, 0.25) is 0 Å². The number of aliphatic hydroxyl groups is 1. The molecule has 2 aliphatic rings. The molecule has 0 aromatic rings. The van der Waals surface area contributed by atoms with Crippen LogP contribution >= 0.6 is 0 Å². The lowest BCUT2D eigenvalue weighted by molar-refractivity contribution is -0.161. The van der Waals surface area contributed by atoms with Gasteiger partial charge in [0.05, 0.1) is 5.60 Å². The highest BCUT2D eigenvalue weighted by Gasteiger charge is 2.59. The molecule has 0 saturated heterocycles. The zero-order chi connectivity index (χ0) is 17.4. The van der Waals surface area contributed by atoms with E-state index in [1.807, 2.05) is 6.92 Å². The van der Waals surface area contributed by atoms with Crippen molar-refractivity contribution < 1.29 is 14.6 Å². The molecule has 0 bridgehead atoms. The number of hydrogen-bond acceptors (Lipinski definition) is 3. The average Bonchev–Trinajstić information content (AvgIpc) is 2.69. The molecule has 0 heterocycles. The molecule has 0 radical (unpaired) electrons. The molecule has 0 amide bonds. The number of allylic oxidation sites excluding steroid dienone is 2. The van der Waals surface area contributed by atoms with Gasteiger partial charge >= 0.3 is 5.97 Å². The standard InChI is InChI=1S/C20H32O3/c1-7-15(5)18(21)23-16-12-14(4)8-9-19(6)10-11-20(22,13(2)3)17(16)19/h7-8,13,16-17,22H,9-12H2,1-6H3/b15-7-/t16-,17+,19-,20+/m0/s1. The Kier molecular flexibility index (Phi) is 5.10. The van der Waals surface area contributed by atoms with Gasteiger partial charge in [-0.2, -0.15) is 0 Å². The van der Waals surface area contributed by atoms with E-state index in [0.29, 0.717) is 5.57 Å². The largest absolute Gasteiger partial charge is 0.458 e. The Bertz CT molecular complexity index is 531. The van der Waals surface area contributed by atoms with Gasteiger partial charge < -0.3 is 9.84 Å². The number of carbonyl (C=O) groups is 1. The summed E-state index contributed by atoms with van der Waals surface area (Å²) in [7, 11) is 0. The average molecular weight is 320 g/mol. The maximum atomic E-state index is 12.3. The van der Waals surface area contributed by atoms with E-state index >= 15 is 0 Å². The van der Waals surface area contributed by atoms with Crippen molar-refractivity contribution in [1.82, 2.24) is 0 Å². The van der Waals surface area contributed by atoms with E-state index in [4.69, 9.17) is 4.74 Å². The maximum Gasteiger partial charge on any atom is 0.333 e. The highest BCUT2D eigenvalue weighted by atomic mass is 16.5. The van der Waals surface area contributed by atoms with Gasteiger partial charge in [0, 0.05) is 17.9 Å². The zero-order valence-corrected chi connectivity index (χ0v) is 15.5.